The van der Waals surface area contributed by atoms with Gasteiger partial charge < -0.3 is 49.4 Å². The molecule has 0 radical (unpaired) electrons. The van der Waals surface area contributed by atoms with Crippen molar-refractivity contribution in [1.82, 2.24) is 0 Å². The topological polar surface area (TPSA) is 126 Å². The molecule has 0 saturated carbocycles. The van der Waals surface area contributed by atoms with E-state index in [1.54, 1.807) is 12.1 Å². The van der Waals surface area contributed by atoms with Crippen LogP contribution >= 0.6 is 0 Å². The van der Waals surface area contributed by atoms with Gasteiger partial charge in [-0.15, -0.1) is 0 Å². The van der Waals surface area contributed by atoms with Gasteiger partial charge in [-0.05, 0) is 146 Å². The van der Waals surface area contributed by atoms with Crippen molar-refractivity contribution in [2.45, 2.75) is 0 Å². The van der Waals surface area contributed by atoms with Crippen LogP contribution in [-0.2, 0) is 0 Å². The van der Waals surface area contributed by atoms with E-state index in [4.69, 9.17) is 49.4 Å². The Hall–Kier alpha value is -9.02. The molecule has 0 saturated heterocycles. The molecule has 0 amide bonds. The summed E-state index contributed by atoms with van der Waals surface area (Å²) in [6, 6.07) is 66.3. The van der Waals surface area contributed by atoms with E-state index in [-0.39, 0.29) is 0 Å². The average molecular weight is 845 g/mol. The minimum atomic E-state index is 0.603. The van der Waals surface area contributed by atoms with Gasteiger partial charge in [0.25, 0.3) is 0 Å². The highest BCUT2D eigenvalue weighted by molar-refractivity contribution is 5.49. The van der Waals surface area contributed by atoms with Crippen molar-refractivity contribution in [1.29, 1.82) is 0 Å². The summed E-state index contributed by atoms with van der Waals surface area (Å²) in [5.41, 5.74) is 13.0. The molecule has 64 heavy (non-hydrogen) atoms. The summed E-state index contributed by atoms with van der Waals surface area (Å²) in [6.07, 6.45) is 0. The van der Waals surface area contributed by atoms with Crippen LogP contribution in [0.4, 0.5) is 11.4 Å². The van der Waals surface area contributed by atoms with Gasteiger partial charge >= 0.3 is 0 Å². The van der Waals surface area contributed by atoms with Crippen molar-refractivity contribution < 1.29 is 37.9 Å². The summed E-state index contributed by atoms with van der Waals surface area (Å²) in [5, 5.41) is 0. The Morgan fingerprint density at radius 1 is 0.172 bits per heavy atom. The van der Waals surface area contributed by atoms with E-state index >= 15 is 0 Å². The molecule has 314 valence electrons. The monoisotopic (exact) mass is 844 g/mol. The van der Waals surface area contributed by atoms with Crippen LogP contribution in [0.5, 0.6) is 92.0 Å². The van der Waals surface area contributed by atoms with Crippen molar-refractivity contribution in [3.05, 3.63) is 218 Å². The Bertz CT molecular complexity index is 2770. The van der Waals surface area contributed by atoms with E-state index in [1.165, 1.54) is 0 Å². The number of benzene rings is 9. The van der Waals surface area contributed by atoms with Crippen LogP contribution in [0.2, 0.25) is 0 Å². The zero-order chi connectivity index (χ0) is 43.5. The standard InChI is InChI=1S/C54H40N2O8/c55-37-7-1-9-45(31-37)57-39-19-23-41(24-20-39)59-47-11-3-15-51(33-47)63-53-17-5-13-49(35-53)61-43-27-29-44(30-28-43)62-50-14-6-18-54(36-50)64-52-16-4-12-48(34-52)60-42-25-21-40(22-26-42)58-46-10-2-8-38(56)32-46/h1-36H,55-56H2. The number of hydrogen-bond acceptors (Lipinski definition) is 10. The lowest BCUT2D eigenvalue weighted by atomic mass is 10.3. The minimum Gasteiger partial charge on any atom is -0.457 e. The fraction of sp³-hybridized carbons (Fsp3) is 0. The molecule has 0 bridgehead atoms. The first-order chi connectivity index (χ1) is 31.4. The quantitative estimate of drug-likeness (QED) is 0.0908. The molecular formula is C54H40N2O8. The van der Waals surface area contributed by atoms with Crippen LogP contribution in [0.1, 0.15) is 0 Å². The summed E-state index contributed by atoms with van der Waals surface area (Å²) in [5.74, 6) is 10.1. The molecule has 9 rings (SSSR count). The second-order valence-corrected chi connectivity index (χ2v) is 14.3. The van der Waals surface area contributed by atoms with E-state index in [1.807, 2.05) is 206 Å². The lowest BCUT2D eigenvalue weighted by Gasteiger charge is -2.12. The fourth-order valence-corrected chi connectivity index (χ4v) is 6.38. The zero-order valence-corrected chi connectivity index (χ0v) is 34.2. The van der Waals surface area contributed by atoms with Crippen molar-refractivity contribution in [2.75, 3.05) is 11.5 Å². The van der Waals surface area contributed by atoms with E-state index in [9.17, 15) is 0 Å². The minimum absolute atomic E-state index is 0.603. The van der Waals surface area contributed by atoms with Gasteiger partial charge in [0.1, 0.15) is 92.0 Å². The second-order valence-electron chi connectivity index (χ2n) is 14.3. The first-order valence-electron chi connectivity index (χ1n) is 20.2. The van der Waals surface area contributed by atoms with Gasteiger partial charge in [0, 0.05) is 47.8 Å². The lowest BCUT2D eigenvalue weighted by molar-refractivity contribution is 0.446. The Morgan fingerprint density at radius 3 is 0.516 bits per heavy atom. The van der Waals surface area contributed by atoms with E-state index in [0.29, 0.717) is 103 Å². The third-order valence-electron chi connectivity index (χ3n) is 9.30. The third-order valence-corrected chi connectivity index (χ3v) is 9.30. The highest BCUT2D eigenvalue weighted by Crippen LogP contribution is 2.36. The van der Waals surface area contributed by atoms with Crippen molar-refractivity contribution in [2.24, 2.45) is 0 Å². The average Bonchev–Trinajstić information content (AvgIpc) is 3.29. The maximum atomic E-state index is 6.18. The lowest BCUT2D eigenvalue weighted by Crippen LogP contribution is -1.90. The van der Waals surface area contributed by atoms with Gasteiger partial charge in [-0.1, -0.05) is 36.4 Å². The molecule has 0 atom stereocenters. The van der Waals surface area contributed by atoms with Crippen LogP contribution < -0.4 is 49.4 Å². The first kappa shape index (κ1) is 40.4. The molecule has 0 aliphatic heterocycles. The molecule has 9 aromatic rings. The van der Waals surface area contributed by atoms with Gasteiger partial charge in [0.15, 0.2) is 0 Å². The van der Waals surface area contributed by atoms with Crippen LogP contribution in [0.25, 0.3) is 0 Å². The maximum absolute atomic E-state index is 6.18. The van der Waals surface area contributed by atoms with Crippen LogP contribution in [0.3, 0.4) is 0 Å². The summed E-state index contributed by atoms with van der Waals surface area (Å²) in [4.78, 5) is 0. The Morgan fingerprint density at radius 2 is 0.328 bits per heavy atom. The number of ether oxygens (including phenoxy) is 8. The molecule has 0 heterocycles. The van der Waals surface area contributed by atoms with E-state index in [0.717, 1.165) is 0 Å². The first-order valence-corrected chi connectivity index (χ1v) is 20.2. The van der Waals surface area contributed by atoms with Gasteiger partial charge in [0.2, 0.25) is 0 Å². The molecule has 0 aromatic heterocycles. The molecule has 10 heteroatoms. The summed E-state index contributed by atoms with van der Waals surface area (Å²) >= 11 is 0. The molecule has 0 aliphatic carbocycles. The summed E-state index contributed by atoms with van der Waals surface area (Å²) in [6.45, 7) is 0. The fourth-order valence-electron chi connectivity index (χ4n) is 6.38. The van der Waals surface area contributed by atoms with Crippen LogP contribution in [0.15, 0.2) is 218 Å². The molecule has 0 fully saturated rings. The Kier molecular flexibility index (Phi) is 12.1. The van der Waals surface area contributed by atoms with Gasteiger partial charge in [0.05, 0.1) is 0 Å². The predicted molar refractivity (Wildman–Crippen MR) is 247 cm³/mol. The number of anilines is 2. The molecule has 0 spiro atoms. The third kappa shape index (κ3) is 11.2. The Balaban J connectivity index is 0.761. The maximum Gasteiger partial charge on any atom is 0.131 e. The van der Waals surface area contributed by atoms with Crippen molar-refractivity contribution in [3.8, 4) is 92.0 Å². The molecular weight excluding hydrogens is 805 g/mol. The number of rotatable bonds is 16. The summed E-state index contributed by atoms with van der Waals surface area (Å²) < 4.78 is 48.6. The van der Waals surface area contributed by atoms with Crippen molar-refractivity contribution in [3.63, 3.8) is 0 Å². The van der Waals surface area contributed by atoms with Gasteiger partial charge in [-0.3, -0.25) is 0 Å². The highest BCUT2D eigenvalue weighted by Gasteiger charge is 2.09. The number of nitrogen functional groups attached to an aromatic ring is 2. The molecule has 4 N–H and O–H groups in total. The number of nitrogens with two attached hydrogens (primary N) is 2. The number of hydrogen-bond donors (Lipinski definition) is 2. The largest absolute Gasteiger partial charge is 0.457 e. The SMILES string of the molecule is Nc1cccc(Oc2ccc(Oc3cccc(Oc4cccc(Oc5ccc(Oc6cccc(Oc7cccc(Oc8ccc(Oc9cccc(N)c9)cc8)c7)c6)cc5)c4)c3)cc2)c1. The predicted octanol–water partition coefficient (Wildman–Crippen LogP) is 15.2. The van der Waals surface area contributed by atoms with Gasteiger partial charge in [-0.25, -0.2) is 0 Å². The van der Waals surface area contributed by atoms with E-state index in [2.05, 4.69) is 0 Å². The molecule has 0 aliphatic rings. The van der Waals surface area contributed by atoms with Crippen LogP contribution in [-0.4, -0.2) is 0 Å². The molecule has 10 nitrogen and oxygen atoms in total. The molecule has 9 aromatic carbocycles. The highest BCUT2D eigenvalue weighted by atomic mass is 16.5. The summed E-state index contributed by atoms with van der Waals surface area (Å²) in [7, 11) is 0. The normalized spacial score (nSPS) is 10.6. The van der Waals surface area contributed by atoms with Crippen molar-refractivity contribution >= 4 is 11.4 Å². The molecule has 0 unspecified atom stereocenters. The van der Waals surface area contributed by atoms with Crippen LogP contribution in [0, 0.1) is 0 Å². The Labute approximate surface area is 369 Å². The zero-order valence-electron chi connectivity index (χ0n) is 34.2. The smallest absolute Gasteiger partial charge is 0.131 e. The van der Waals surface area contributed by atoms with E-state index < -0.39 is 0 Å². The van der Waals surface area contributed by atoms with Gasteiger partial charge in [-0.2, -0.15) is 0 Å². The second kappa shape index (κ2) is 19.1.